The molecule has 14 heavy (non-hydrogen) atoms. The molecule has 0 bridgehead atoms. The Kier molecular flexibility index (Phi) is 1.88. The number of hydrogen-bond donors (Lipinski definition) is 0. The van der Waals surface area contributed by atoms with Gasteiger partial charge in [0.15, 0.2) is 0 Å². The van der Waals surface area contributed by atoms with Crippen LogP contribution < -0.4 is 0 Å². The molecule has 1 heteroatoms. The number of hydrogen-bond acceptors (Lipinski definition) is 0. The summed E-state index contributed by atoms with van der Waals surface area (Å²) in [6.07, 6.45) is 5.37. The molecule has 74 valence electrons. The van der Waals surface area contributed by atoms with Crippen LogP contribution in [-0.4, -0.2) is 5.38 Å². The molecule has 2 saturated carbocycles. The van der Waals surface area contributed by atoms with Crippen LogP contribution >= 0.6 is 11.6 Å². The first-order chi connectivity index (χ1) is 6.86. The summed E-state index contributed by atoms with van der Waals surface area (Å²) in [6, 6.07) is 10.9. The van der Waals surface area contributed by atoms with E-state index in [-0.39, 0.29) is 0 Å². The molecular formula is C13H15Cl. The molecule has 1 aromatic carbocycles. The van der Waals surface area contributed by atoms with Crippen molar-refractivity contribution in [2.24, 2.45) is 5.92 Å². The predicted octanol–water partition coefficient (Wildman–Crippen LogP) is 3.74. The van der Waals surface area contributed by atoms with Crippen molar-refractivity contribution < 1.29 is 0 Å². The van der Waals surface area contributed by atoms with Gasteiger partial charge in [-0.3, -0.25) is 0 Å². The predicted molar refractivity (Wildman–Crippen MR) is 59.7 cm³/mol. The Labute approximate surface area is 90.3 Å². The van der Waals surface area contributed by atoms with Crippen LogP contribution in [0.15, 0.2) is 30.3 Å². The number of halogens is 1. The van der Waals surface area contributed by atoms with Gasteiger partial charge in [-0.2, -0.15) is 0 Å². The van der Waals surface area contributed by atoms with Crippen molar-refractivity contribution in [2.45, 2.75) is 36.5 Å². The highest BCUT2D eigenvalue weighted by molar-refractivity contribution is 6.24. The van der Waals surface area contributed by atoms with E-state index in [0.717, 1.165) is 5.92 Å². The van der Waals surface area contributed by atoms with Crippen molar-refractivity contribution in [3.63, 3.8) is 0 Å². The van der Waals surface area contributed by atoms with Gasteiger partial charge in [0.25, 0.3) is 0 Å². The van der Waals surface area contributed by atoms with Crippen LogP contribution in [0.25, 0.3) is 0 Å². The van der Waals surface area contributed by atoms with Gasteiger partial charge in [-0.05, 0) is 24.3 Å². The molecule has 3 unspecified atom stereocenters. The first-order valence-corrected chi connectivity index (χ1v) is 5.99. The molecule has 0 heterocycles. The maximum Gasteiger partial charge on any atom is 0.0473 e. The summed E-state index contributed by atoms with van der Waals surface area (Å²) < 4.78 is 0. The lowest BCUT2D eigenvalue weighted by Crippen LogP contribution is -2.15. The van der Waals surface area contributed by atoms with E-state index < -0.39 is 0 Å². The van der Waals surface area contributed by atoms with Crippen molar-refractivity contribution >= 4 is 11.6 Å². The second-order valence-electron chi connectivity index (χ2n) is 4.66. The van der Waals surface area contributed by atoms with Crippen molar-refractivity contribution in [3.05, 3.63) is 35.9 Å². The summed E-state index contributed by atoms with van der Waals surface area (Å²) >= 11 is 6.45. The highest BCUT2D eigenvalue weighted by Crippen LogP contribution is 2.65. The molecule has 3 atom stereocenters. The van der Waals surface area contributed by atoms with E-state index in [1.807, 2.05) is 0 Å². The van der Waals surface area contributed by atoms with Gasteiger partial charge in [0.1, 0.15) is 0 Å². The van der Waals surface area contributed by atoms with Gasteiger partial charge in [0.2, 0.25) is 0 Å². The van der Waals surface area contributed by atoms with E-state index in [9.17, 15) is 0 Å². The lowest BCUT2D eigenvalue weighted by molar-refractivity contribution is 0.428. The smallest absolute Gasteiger partial charge is 0.0473 e. The third-order valence-electron chi connectivity index (χ3n) is 4.06. The molecule has 2 aliphatic rings. The zero-order valence-electron chi connectivity index (χ0n) is 8.25. The molecule has 0 saturated heterocycles. The topological polar surface area (TPSA) is 0 Å². The third kappa shape index (κ3) is 1.01. The average Bonchev–Trinajstić information content (AvgIpc) is 2.88. The SMILES string of the molecule is ClC1C2CCCCC12c1ccccc1. The summed E-state index contributed by atoms with van der Waals surface area (Å²) in [6.45, 7) is 0. The maximum atomic E-state index is 6.45. The monoisotopic (exact) mass is 206 g/mol. The minimum Gasteiger partial charge on any atom is -0.122 e. The van der Waals surface area contributed by atoms with E-state index in [0.29, 0.717) is 10.8 Å². The van der Waals surface area contributed by atoms with Crippen LogP contribution in [-0.2, 0) is 5.41 Å². The lowest BCUT2D eigenvalue weighted by Gasteiger charge is -2.21. The highest BCUT2D eigenvalue weighted by atomic mass is 35.5. The zero-order valence-corrected chi connectivity index (χ0v) is 9.00. The first-order valence-electron chi connectivity index (χ1n) is 5.55. The van der Waals surface area contributed by atoms with Crippen LogP contribution in [0.3, 0.4) is 0 Å². The molecule has 0 amide bonds. The van der Waals surface area contributed by atoms with Crippen molar-refractivity contribution in [2.75, 3.05) is 0 Å². The minimum absolute atomic E-state index is 0.362. The molecule has 3 rings (SSSR count). The molecular weight excluding hydrogens is 192 g/mol. The van der Waals surface area contributed by atoms with Crippen LogP contribution in [0.4, 0.5) is 0 Å². The van der Waals surface area contributed by atoms with Crippen LogP contribution in [0.2, 0.25) is 0 Å². The highest BCUT2D eigenvalue weighted by Gasteiger charge is 2.64. The summed E-state index contributed by atoms with van der Waals surface area (Å²) in [5, 5.41) is 0.410. The number of fused-ring (bicyclic) bond motifs is 1. The Morgan fingerprint density at radius 2 is 1.93 bits per heavy atom. The van der Waals surface area contributed by atoms with Crippen LogP contribution in [0.1, 0.15) is 31.2 Å². The van der Waals surface area contributed by atoms with Gasteiger partial charge < -0.3 is 0 Å². The number of benzene rings is 1. The fraction of sp³-hybridized carbons (Fsp3) is 0.538. The Morgan fingerprint density at radius 1 is 1.14 bits per heavy atom. The standard InChI is InChI=1S/C13H15Cl/c14-12-11-8-4-5-9-13(11,12)10-6-2-1-3-7-10/h1-3,6-7,11-12H,4-5,8-9H2. The lowest BCUT2D eigenvalue weighted by atomic mass is 9.83. The Balaban J connectivity index is 1.98. The van der Waals surface area contributed by atoms with Crippen molar-refractivity contribution in [3.8, 4) is 0 Å². The zero-order chi connectivity index (χ0) is 9.60. The van der Waals surface area contributed by atoms with Gasteiger partial charge in [-0.15, -0.1) is 11.6 Å². The molecule has 2 fully saturated rings. The maximum absolute atomic E-state index is 6.45. The van der Waals surface area contributed by atoms with Crippen LogP contribution in [0, 0.1) is 5.92 Å². The second kappa shape index (κ2) is 3.00. The second-order valence-corrected chi connectivity index (χ2v) is 5.13. The van der Waals surface area contributed by atoms with E-state index in [2.05, 4.69) is 30.3 Å². The molecule has 1 aromatic rings. The summed E-state index contributed by atoms with van der Waals surface area (Å²) in [7, 11) is 0. The molecule has 0 spiro atoms. The average molecular weight is 207 g/mol. The molecule has 2 aliphatic carbocycles. The Hall–Kier alpha value is -0.490. The van der Waals surface area contributed by atoms with E-state index in [4.69, 9.17) is 11.6 Å². The molecule has 0 radical (unpaired) electrons. The van der Waals surface area contributed by atoms with E-state index >= 15 is 0 Å². The fourth-order valence-electron chi connectivity index (χ4n) is 3.24. The van der Waals surface area contributed by atoms with Crippen LogP contribution in [0.5, 0.6) is 0 Å². The fourth-order valence-corrected chi connectivity index (χ4v) is 3.92. The largest absolute Gasteiger partial charge is 0.122 e. The Morgan fingerprint density at radius 3 is 2.64 bits per heavy atom. The van der Waals surface area contributed by atoms with Gasteiger partial charge in [-0.25, -0.2) is 0 Å². The molecule has 0 N–H and O–H groups in total. The minimum atomic E-state index is 0.362. The summed E-state index contributed by atoms with van der Waals surface area (Å²) in [5.74, 6) is 0.764. The van der Waals surface area contributed by atoms with Crippen molar-refractivity contribution in [1.29, 1.82) is 0 Å². The van der Waals surface area contributed by atoms with E-state index in [1.165, 1.54) is 31.2 Å². The molecule has 0 aromatic heterocycles. The Bertz CT molecular complexity index is 332. The summed E-state index contributed by atoms with van der Waals surface area (Å²) in [5.41, 5.74) is 1.84. The van der Waals surface area contributed by atoms with E-state index in [1.54, 1.807) is 0 Å². The quantitative estimate of drug-likeness (QED) is 0.615. The normalized spacial score (nSPS) is 40.4. The molecule has 0 aliphatic heterocycles. The summed E-state index contributed by atoms with van der Waals surface area (Å²) in [4.78, 5) is 0. The van der Waals surface area contributed by atoms with Gasteiger partial charge >= 0.3 is 0 Å². The third-order valence-corrected chi connectivity index (χ3v) is 4.76. The van der Waals surface area contributed by atoms with Gasteiger partial charge in [0.05, 0.1) is 0 Å². The number of alkyl halides is 1. The number of rotatable bonds is 1. The van der Waals surface area contributed by atoms with Gasteiger partial charge in [0, 0.05) is 10.8 Å². The molecule has 0 nitrogen and oxygen atoms in total. The van der Waals surface area contributed by atoms with Gasteiger partial charge in [-0.1, -0.05) is 43.2 Å². The van der Waals surface area contributed by atoms with Crippen molar-refractivity contribution in [1.82, 2.24) is 0 Å². The first kappa shape index (κ1) is 8.79.